The molecule has 1 aliphatic rings. The summed E-state index contributed by atoms with van der Waals surface area (Å²) in [5, 5.41) is 28.6. The van der Waals surface area contributed by atoms with E-state index >= 15 is 0 Å². The molecule has 7 heteroatoms. The summed E-state index contributed by atoms with van der Waals surface area (Å²) in [6.07, 6.45) is 6.16. The molecule has 1 fully saturated rings. The highest BCUT2D eigenvalue weighted by Crippen LogP contribution is 2.39. The first kappa shape index (κ1) is 22.0. The molecule has 1 aliphatic carbocycles. The molecule has 0 heterocycles. The summed E-state index contributed by atoms with van der Waals surface area (Å²) in [6, 6.07) is 5.08. The van der Waals surface area contributed by atoms with Crippen LogP contribution in [-0.2, 0) is 11.4 Å². The predicted octanol–water partition coefficient (Wildman–Crippen LogP) is 4.02. The van der Waals surface area contributed by atoms with Crippen LogP contribution in [0, 0.1) is 11.8 Å². The maximum Gasteiger partial charge on any atom is 0.303 e. The molecule has 0 aliphatic heterocycles. The summed E-state index contributed by atoms with van der Waals surface area (Å²) in [5.41, 5.74) is 0.667. The van der Waals surface area contributed by atoms with Gasteiger partial charge in [0.05, 0.1) is 19.3 Å². The lowest BCUT2D eigenvalue weighted by Gasteiger charge is -2.23. The van der Waals surface area contributed by atoms with Crippen molar-refractivity contribution < 1.29 is 24.9 Å². The number of benzene rings is 1. The highest BCUT2D eigenvalue weighted by atomic mass is 35.5. The Labute approximate surface area is 169 Å². The third kappa shape index (κ3) is 7.00. The van der Waals surface area contributed by atoms with Crippen molar-refractivity contribution in [1.82, 2.24) is 0 Å². The number of ether oxygens (including phenoxy) is 1. The Bertz CT molecular complexity index is 649. The second-order valence-corrected chi connectivity index (χ2v) is 7.90. The van der Waals surface area contributed by atoms with E-state index in [1.54, 1.807) is 18.2 Å². The molecular formula is C20H26Cl2O5. The second-order valence-electron chi connectivity index (χ2n) is 6.90. The fourth-order valence-electron chi connectivity index (χ4n) is 3.42. The molecule has 0 unspecified atom stereocenters. The monoisotopic (exact) mass is 416 g/mol. The standard InChI is InChI=1S/C20H26Cl2O5/c21-14-7-13(11-23)8-15(9-14)27-12-17-16(18(22)10-19(17)24)5-3-1-2-4-6-20(25)26/h1,3,7-9,16-19,23-24H,2,4-6,10-12H2,(H,25,26)/b3-1+/t16-,17-,18-,19-/m1/s1. The van der Waals surface area contributed by atoms with Gasteiger partial charge in [-0.1, -0.05) is 23.8 Å². The van der Waals surface area contributed by atoms with Gasteiger partial charge >= 0.3 is 5.97 Å². The Balaban J connectivity index is 1.90. The Morgan fingerprint density at radius 3 is 2.74 bits per heavy atom. The average Bonchev–Trinajstić information content (AvgIpc) is 2.88. The number of aliphatic hydroxyl groups excluding tert-OH is 2. The van der Waals surface area contributed by atoms with Gasteiger partial charge in [0.1, 0.15) is 5.75 Å². The maximum atomic E-state index is 10.5. The van der Waals surface area contributed by atoms with Crippen molar-refractivity contribution in [3.63, 3.8) is 0 Å². The highest BCUT2D eigenvalue weighted by molar-refractivity contribution is 6.30. The number of rotatable bonds is 10. The number of hydrogen-bond acceptors (Lipinski definition) is 4. The summed E-state index contributed by atoms with van der Waals surface area (Å²) < 4.78 is 5.83. The van der Waals surface area contributed by atoms with E-state index in [4.69, 9.17) is 33.0 Å². The largest absolute Gasteiger partial charge is 0.493 e. The minimum absolute atomic E-state index is 0.0777. The number of alkyl halides is 1. The van der Waals surface area contributed by atoms with Crippen molar-refractivity contribution in [3.8, 4) is 5.75 Å². The van der Waals surface area contributed by atoms with E-state index in [2.05, 4.69) is 0 Å². The third-order valence-electron chi connectivity index (χ3n) is 4.87. The molecule has 27 heavy (non-hydrogen) atoms. The molecule has 1 aromatic rings. The van der Waals surface area contributed by atoms with Gasteiger partial charge in [0.25, 0.3) is 0 Å². The number of allylic oxidation sites excluding steroid dienone is 2. The van der Waals surface area contributed by atoms with Crippen molar-refractivity contribution in [2.75, 3.05) is 6.61 Å². The average molecular weight is 417 g/mol. The van der Waals surface area contributed by atoms with Crippen molar-refractivity contribution in [2.45, 2.75) is 50.2 Å². The number of unbranched alkanes of at least 4 members (excludes halogenated alkanes) is 1. The molecule has 2 rings (SSSR count). The minimum Gasteiger partial charge on any atom is -0.493 e. The van der Waals surface area contributed by atoms with Crippen LogP contribution in [0.2, 0.25) is 5.02 Å². The summed E-state index contributed by atoms with van der Waals surface area (Å²) in [7, 11) is 0. The Morgan fingerprint density at radius 1 is 1.26 bits per heavy atom. The van der Waals surface area contributed by atoms with Crippen molar-refractivity contribution >= 4 is 29.2 Å². The van der Waals surface area contributed by atoms with Gasteiger partial charge in [0, 0.05) is 22.7 Å². The molecule has 0 spiro atoms. The van der Waals surface area contributed by atoms with Crippen molar-refractivity contribution in [2.24, 2.45) is 11.8 Å². The first-order valence-corrected chi connectivity index (χ1v) is 9.94. The number of hydrogen-bond donors (Lipinski definition) is 3. The van der Waals surface area contributed by atoms with Gasteiger partial charge in [0.2, 0.25) is 0 Å². The van der Waals surface area contributed by atoms with Gasteiger partial charge in [-0.3, -0.25) is 4.79 Å². The number of carboxylic acid groups (broad SMARTS) is 1. The number of aliphatic carboxylic acids is 1. The number of carboxylic acids is 1. The van der Waals surface area contributed by atoms with E-state index in [0.29, 0.717) is 48.6 Å². The highest BCUT2D eigenvalue weighted by Gasteiger charge is 2.41. The smallest absolute Gasteiger partial charge is 0.303 e. The van der Waals surface area contributed by atoms with E-state index < -0.39 is 12.1 Å². The van der Waals surface area contributed by atoms with Crippen molar-refractivity contribution in [1.29, 1.82) is 0 Å². The first-order chi connectivity index (χ1) is 12.9. The quantitative estimate of drug-likeness (QED) is 0.304. The number of halogens is 2. The molecule has 5 nitrogen and oxygen atoms in total. The normalized spacial score (nSPS) is 25.2. The lowest BCUT2D eigenvalue weighted by molar-refractivity contribution is -0.137. The van der Waals surface area contributed by atoms with Crippen LogP contribution in [0.4, 0.5) is 0 Å². The van der Waals surface area contributed by atoms with E-state index in [1.807, 2.05) is 12.2 Å². The minimum atomic E-state index is -0.786. The van der Waals surface area contributed by atoms with Crippen LogP contribution < -0.4 is 4.74 Å². The summed E-state index contributed by atoms with van der Waals surface area (Å²) in [4.78, 5) is 10.5. The first-order valence-electron chi connectivity index (χ1n) is 9.12. The number of carbonyl (C=O) groups is 1. The fourth-order valence-corrected chi connectivity index (χ4v) is 4.14. The van der Waals surface area contributed by atoms with Crippen LogP contribution in [0.5, 0.6) is 5.75 Å². The molecule has 1 saturated carbocycles. The van der Waals surface area contributed by atoms with Gasteiger partial charge in [-0.2, -0.15) is 0 Å². The van der Waals surface area contributed by atoms with Crippen LogP contribution in [-0.4, -0.2) is 39.4 Å². The predicted molar refractivity (Wildman–Crippen MR) is 105 cm³/mol. The van der Waals surface area contributed by atoms with E-state index in [9.17, 15) is 15.0 Å². The maximum absolute atomic E-state index is 10.5. The Morgan fingerprint density at radius 2 is 2.04 bits per heavy atom. The van der Waals surface area contributed by atoms with Crippen LogP contribution in [0.1, 0.15) is 37.7 Å². The van der Waals surface area contributed by atoms with E-state index in [0.717, 1.165) is 0 Å². The van der Waals surface area contributed by atoms with Gasteiger partial charge < -0.3 is 20.1 Å². The SMILES string of the molecule is O=C(O)CCC/C=C/C[C@@H]1[C@@H](COc2cc(Cl)cc(CO)c2)[C@H](O)C[C@H]1Cl. The molecule has 0 radical (unpaired) electrons. The molecule has 0 amide bonds. The zero-order valence-corrected chi connectivity index (χ0v) is 16.6. The van der Waals surface area contributed by atoms with E-state index in [1.165, 1.54) is 0 Å². The summed E-state index contributed by atoms with van der Waals surface area (Å²) >= 11 is 12.4. The lowest BCUT2D eigenvalue weighted by atomic mass is 9.92. The number of aliphatic hydroxyl groups is 2. The molecular weight excluding hydrogens is 391 g/mol. The molecule has 1 aromatic carbocycles. The Hall–Kier alpha value is -1.27. The second kappa shape index (κ2) is 10.9. The topological polar surface area (TPSA) is 87.0 Å². The van der Waals surface area contributed by atoms with Crippen LogP contribution in [0.25, 0.3) is 0 Å². The molecule has 0 aromatic heterocycles. The van der Waals surface area contributed by atoms with Gasteiger partial charge in [-0.05, 0) is 55.4 Å². The van der Waals surface area contributed by atoms with Crippen LogP contribution in [0.15, 0.2) is 30.4 Å². The van der Waals surface area contributed by atoms with Crippen LogP contribution in [0.3, 0.4) is 0 Å². The van der Waals surface area contributed by atoms with Gasteiger partial charge in [-0.15, -0.1) is 11.6 Å². The molecule has 4 atom stereocenters. The molecule has 3 N–H and O–H groups in total. The van der Waals surface area contributed by atoms with Crippen molar-refractivity contribution in [3.05, 3.63) is 40.9 Å². The summed E-state index contributed by atoms with van der Waals surface area (Å²) in [6.45, 7) is 0.190. The Kier molecular flexibility index (Phi) is 8.90. The van der Waals surface area contributed by atoms with Gasteiger partial charge in [0.15, 0.2) is 0 Å². The lowest BCUT2D eigenvalue weighted by Crippen LogP contribution is -2.27. The zero-order chi connectivity index (χ0) is 19.8. The molecule has 0 saturated heterocycles. The van der Waals surface area contributed by atoms with Crippen LogP contribution >= 0.6 is 23.2 Å². The van der Waals surface area contributed by atoms with Gasteiger partial charge in [-0.25, -0.2) is 0 Å². The van der Waals surface area contributed by atoms with E-state index in [-0.39, 0.29) is 30.2 Å². The summed E-state index contributed by atoms with van der Waals surface area (Å²) in [5.74, 6) is -0.257. The zero-order valence-electron chi connectivity index (χ0n) is 15.1. The molecule has 0 bridgehead atoms. The fraction of sp³-hybridized carbons (Fsp3) is 0.550. The third-order valence-corrected chi connectivity index (χ3v) is 5.59. The molecule has 150 valence electrons.